The third kappa shape index (κ3) is 5.09. The number of benzene rings is 1. The van der Waals surface area contributed by atoms with Crippen molar-refractivity contribution in [3.05, 3.63) is 22.2 Å². The minimum absolute atomic E-state index is 0. The molecule has 0 fully saturated rings. The average Bonchev–Trinajstić information content (AvgIpc) is 2.20. The van der Waals surface area contributed by atoms with E-state index in [1.165, 1.54) is 5.30 Å². The molecular weight excluding hydrogens is 414 g/mol. The van der Waals surface area contributed by atoms with Gasteiger partial charge in [-0.25, -0.2) is 0 Å². The molecule has 1 nitrogen and oxygen atoms in total. The number of rotatable bonds is 2. The maximum absolute atomic E-state index is 6.61. The molecule has 1 aromatic rings. The second-order valence-electron chi connectivity index (χ2n) is 7.30. The zero-order valence-electron chi connectivity index (χ0n) is 14.1. The van der Waals surface area contributed by atoms with Gasteiger partial charge >= 0.3 is 0 Å². The third-order valence-electron chi connectivity index (χ3n) is 3.11. The smallest absolute Gasteiger partial charge is 0.0831 e. The quantitative estimate of drug-likeness (QED) is 0.417. The normalized spacial score (nSPS) is 12.3. The van der Waals surface area contributed by atoms with Crippen LogP contribution in [-0.2, 0) is 20.4 Å². The molecule has 1 aromatic carbocycles. The third-order valence-corrected chi connectivity index (χ3v) is 7.65. The fraction of sp³-hybridized carbons (Fsp3) is 0.625. The van der Waals surface area contributed by atoms with E-state index in [9.17, 15) is 0 Å². The molecule has 0 amide bonds. The minimum atomic E-state index is -0.441. The molecule has 0 aliphatic rings. The van der Waals surface area contributed by atoms with Crippen LogP contribution in [0.5, 0.6) is 0 Å². The van der Waals surface area contributed by atoms with Crippen LogP contribution in [0.4, 0.5) is 5.69 Å². The van der Waals surface area contributed by atoms with Gasteiger partial charge in [-0.05, 0) is 21.7 Å². The maximum atomic E-state index is 6.61. The van der Waals surface area contributed by atoms with E-state index in [4.69, 9.17) is 23.2 Å². The SMILES string of the molecule is CN(C)c1ccc(P(C(C)(C)C)C(C)(C)C)c(Cl)c1Cl.[Pd]. The fourth-order valence-electron chi connectivity index (χ4n) is 2.78. The van der Waals surface area contributed by atoms with Crippen LogP contribution in [0.15, 0.2) is 12.1 Å². The molecule has 0 unspecified atom stereocenters. The van der Waals surface area contributed by atoms with E-state index in [1.54, 1.807) is 0 Å². The van der Waals surface area contributed by atoms with Crippen LogP contribution in [0.25, 0.3) is 0 Å². The van der Waals surface area contributed by atoms with Gasteiger partial charge in [0.25, 0.3) is 0 Å². The van der Waals surface area contributed by atoms with E-state index in [0.717, 1.165) is 5.69 Å². The van der Waals surface area contributed by atoms with Gasteiger partial charge in [0.1, 0.15) is 0 Å². The predicted octanol–water partition coefficient (Wildman–Crippen LogP) is 5.76. The molecule has 0 aliphatic heterocycles. The molecular formula is C16H26Cl2NPPd. The Labute approximate surface area is 155 Å². The molecule has 0 saturated carbocycles. The first-order valence-electron chi connectivity index (χ1n) is 6.83. The molecule has 0 spiro atoms. The summed E-state index contributed by atoms with van der Waals surface area (Å²) in [4.78, 5) is 1.99. The monoisotopic (exact) mass is 439 g/mol. The van der Waals surface area contributed by atoms with Crippen molar-refractivity contribution in [3.63, 3.8) is 0 Å². The average molecular weight is 441 g/mol. The van der Waals surface area contributed by atoms with Crippen molar-refractivity contribution < 1.29 is 20.4 Å². The van der Waals surface area contributed by atoms with Crippen molar-refractivity contribution >= 4 is 42.1 Å². The van der Waals surface area contributed by atoms with Crippen LogP contribution >= 0.6 is 31.1 Å². The van der Waals surface area contributed by atoms with Crippen molar-refractivity contribution in [2.24, 2.45) is 0 Å². The molecule has 0 aromatic heterocycles. The summed E-state index contributed by atoms with van der Waals surface area (Å²) in [5, 5.41) is 2.95. The summed E-state index contributed by atoms with van der Waals surface area (Å²) in [5.41, 5.74) is 0.971. The van der Waals surface area contributed by atoms with E-state index in [2.05, 4.69) is 53.7 Å². The zero-order chi connectivity index (χ0) is 15.9. The van der Waals surface area contributed by atoms with E-state index in [1.807, 2.05) is 19.0 Å². The van der Waals surface area contributed by atoms with Gasteiger partial charge in [-0.3, -0.25) is 0 Å². The van der Waals surface area contributed by atoms with E-state index >= 15 is 0 Å². The largest absolute Gasteiger partial charge is 0.376 e. The van der Waals surface area contributed by atoms with Crippen molar-refractivity contribution in [2.75, 3.05) is 19.0 Å². The zero-order valence-corrected chi connectivity index (χ0v) is 18.1. The number of anilines is 1. The van der Waals surface area contributed by atoms with Gasteiger partial charge in [-0.2, -0.15) is 0 Å². The summed E-state index contributed by atoms with van der Waals surface area (Å²) in [6.45, 7) is 13.7. The van der Waals surface area contributed by atoms with Gasteiger partial charge in [-0.1, -0.05) is 78.7 Å². The standard InChI is InChI=1S/C16H26Cl2NP.Pd/c1-15(2,3)20(16(4,5)6)12-10-9-11(19(7)8)13(17)14(12)18;/h9-10H,1-8H3;. The van der Waals surface area contributed by atoms with Crippen molar-refractivity contribution in [3.8, 4) is 0 Å². The summed E-state index contributed by atoms with van der Waals surface area (Å²) >= 11 is 13.1. The molecule has 0 saturated heterocycles. The predicted molar refractivity (Wildman–Crippen MR) is 96.8 cm³/mol. The summed E-state index contributed by atoms with van der Waals surface area (Å²) in [6.07, 6.45) is 0. The Morgan fingerprint density at radius 1 is 0.857 bits per heavy atom. The number of hydrogen-bond acceptors (Lipinski definition) is 1. The molecule has 0 bridgehead atoms. The van der Waals surface area contributed by atoms with Gasteiger partial charge in [0.05, 0.1) is 15.7 Å². The summed E-state index contributed by atoms with van der Waals surface area (Å²) in [7, 11) is 3.52. The Kier molecular flexibility index (Phi) is 7.76. The van der Waals surface area contributed by atoms with Gasteiger partial charge in [0.2, 0.25) is 0 Å². The Hall–Kier alpha value is 0.692. The Morgan fingerprint density at radius 2 is 1.29 bits per heavy atom. The van der Waals surface area contributed by atoms with Crippen LogP contribution in [0, 0.1) is 0 Å². The number of halogens is 2. The molecule has 0 heterocycles. The van der Waals surface area contributed by atoms with Gasteiger partial charge in [0, 0.05) is 34.5 Å². The topological polar surface area (TPSA) is 3.24 Å². The molecule has 0 aliphatic carbocycles. The maximum Gasteiger partial charge on any atom is 0.0831 e. The van der Waals surface area contributed by atoms with Crippen LogP contribution in [0.1, 0.15) is 41.5 Å². The number of nitrogens with zero attached hydrogens (tertiary/aromatic N) is 1. The first kappa shape index (κ1) is 21.7. The van der Waals surface area contributed by atoms with Crippen molar-refractivity contribution in [2.45, 2.75) is 51.9 Å². The molecule has 21 heavy (non-hydrogen) atoms. The molecule has 0 radical (unpaired) electrons. The van der Waals surface area contributed by atoms with E-state index < -0.39 is 7.92 Å². The van der Waals surface area contributed by atoms with Crippen molar-refractivity contribution in [1.82, 2.24) is 0 Å². The second kappa shape index (κ2) is 7.51. The summed E-state index contributed by atoms with van der Waals surface area (Å²) in [6, 6.07) is 4.24. The van der Waals surface area contributed by atoms with Crippen LogP contribution in [0.3, 0.4) is 0 Å². The first-order chi connectivity index (χ1) is 8.87. The molecule has 5 heteroatoms. The number of hydrogen-bond donors (Lipinski definition) is 0. The van der Waals surface area contributed by atoms with Crippen molar-refractivity contribution in [1.29, 1.82) is 0 Å². The van der Waals surface area contributed by atoms with Gasteiger partial charge < -0.3 is 4.90 Å². The van der Waals surface area contributed by atoms with Crippen LogP contribution in [0.2, 0.25) is 10.0 Å². The fourth-order valence-corrected chi connectivity index (χ4v) is 7.58. The Bertz CT molecular complexity index is 476. The molecule has 124 valence electrons. The second-order valence-corrected chi connectivity index (χ2v) is 11.9. The summed E-state index contributed by atoms with van der Waals surface area (Å²) < 4.78 is 0. The van der Waals surface area contributed by atoms with Crippen LogP contribution < -0.4 is 10.2 Å². The first-order valence-corrected chi connectivity index (χ1v) is 8.93. The van der Waals surface area contributed by atoms with E-state index in [-0.39, 0.29) is 30.7 Å². The van der Waals surface area contributed by atoms with E-state index in [0.29, 0.717) is 10.0 Å². The van der Waals surface area contributed by atoms with Gasteiger partial charge in [0.15, 0.2) is 0 Å². The molecule has 1 rings (SSSR count). The Balaban J connectivity index is 0.00000400. The minimum Gasteiger partial charge on any atom is -0.376 e. The Morgan fingerprint density at radius 3 is 1.62 bits per heavy atom. The molecule has 0 N–H and O–H groups in total. The summed E-state index contributed by atoms with van der Waals surface area (Å²) in [5.74, 6) is 0. The van der Waals surface area contributed by atoms with Crippen LogP contribution in [-0.4, -0.2) is 24.4 Å². The molecule has 0 atom stereocenters. The van der Waals surface area contributed by atoms with Gasteiger partial charge in [-0.15, -0.1) is 0 Å².